The van der Waals surface area contributed by atoms with E-state index in [4.69, 9.17) is 33.2 Å². The van der Waals surface area contributed by atoms with Crippen LogP contribution in [0.4, 0.5) is 10.2 Å². The molecule has 0 bridgehead atoms. The standard InChI is InChI=1S/C43H46FN7O11/c1-56-30-4-10-38-47-35(27-50(38)26-30)34-7-2-28(25-46-34)31-6-9-37(48-40(31)44)45-12-13-57-14-15-58-16-17-59-18-19-60-20-21-61-22-23-62-29-3-5-32-33(24-29)43(55)51(42(32)54)36-8-11-39(52)49-41(36)53/h2-7,9-10,24-27,36H,8,11-23H2,1H3,(H,45,48)(H,49,52,53). The Morgan fingerprint density at radius 3 is 2.03 bits per heavy atom. The molecule has 62 heavy (non-hydrogen) atoms. The van der Waals surface area contributed by atoms with Crippen LogP contribution in [0.15, 0.2) is 73.2 Å². The van der Waals surface area contributed by atoms with Gasteiger partial charge in [-0.25, -0.2) is 9.97 Å². The maximum absolute atomic E-state index is 14.9. The van der Waals surface area contributed by atoms with E-state index >= 15 is 0 Å². The molecule has 2 N–H and O–H groups in total. The van der Waals surface area contributed by atoms with Crippen molar-refractivity contribution in [2.75, 3.05) is 91.6 Å². The van der Waals surface area contributed by atoms with Crippen LogP contribution < -0.4 is 20.1 Å². The molecule has 2 aliphatic heterocycles. The van der Waals surface area contributed by atoms with E-state index in [0.717, 1.165) is 16.3 Å². The Balaban J connectivity index is 0.664. The van der Waals surface area contributed by atoms with Crippen LogP contribution in [0.2, 0.25) is 0 Å². The zero-order valence-electron chi connectivity index (χ0n) is 34.0. The molecule has 1 atom stereocenters. The summed E-state index contributed by atoms with van der Waals surface area (Å²) in [4.78, 5) is 63.6. The molecule has 326 valence electrons. The van der Waals surface area contributed by atoms with Crippen LogP contribution in [0.25, 0.3) is 28.2 Å². The van der Waals surface area contributed by atoms with Gasteiger partial charge in [-0.1, -0.05) is 6.07 Å². The lowest BCUT2D eigenvalue weighted by Gasteiger charge is -2.27. The third kappa shape index (κ3) is 11.1. The number of benzene rings is 1. The van der Waals surface area contributed by atoms with Crippen molar-refractivity contribution in [2.24, 2.45) is 0 Å². The predicted molar refractivity (Wildman–Crippen MR) is 219 cm³/mol. The molecule has 19 heteroatoms. The summed E-state index contributed by atoms with van der Waals surface area (Å²) < 4.78 is 55.4. The fraction of sp³-hybridized carbons (Fsp3) is 0.372. The summed E-state index contributed by atoms with van der Waals surface area (Å²) in [6, 6.07) is 14.2. The maximum Gasteiger partial charge on any atom is 0.262 e. The summed E-state index contributed by atoms with van der Waals surface area (Å²) in [7, 11) is 1.61. The smallest absolute Gasteiger partial charge is 0.262 e. The molecule has 1 aromatic carbocycles. The summed E-state index contributed by atoms with van der Waals surface area (Å²) in [6.07, 6.45) is 5.44. The third-order valence-electron chi connectivity index (χ3n) is 9.79. The number of halogens is 1. The highest BCUT2D eigenvalue weighted by Crippen LogP contribution is 2.30. The van der Waals surface area contributed by atoms with E-state index in [1.807, 2.05) is 28.9 Å². The number of methoxy groups -OCH3 is 1. The van der Waals surface area contributed by atoms with E-state index in [2.05, 4.69) is 25.6 Å². The molecule has 5 aromatic rings. The molecule has 1 saturated heterocycles. The van der Waals surface area contributed by atoms with E-state index in [9.17, 15) is 23.6 Å². The molecule has 2 aliphatic rings. The molecular weight excluding hydrogens is 810 g/mol. The van der Waals surface area contributed by atoms with E-state index in [1.54, 1.807) is 43.6 Å². The van der Waals surface area contributed by atoms with Crippen LogP contribution >= 0.6 is 0 Å². The van der Waals surface area contributed by atoms with Crippen molar-refractivity contribution in [1.82, 2.24) is 29.6 Å². The second kappa shape index (κ2) is 21.4. The number of nitrogens with one attached hydrogen (secondary N) is 2. The van der Waals surface area contributed by atoms with E-state index in [0.29, 0.717) is 100 Å². The van der Waals surface area contributed by atoms with E-state index < -0.39 is 35.6 Å². The lowest BCUT2D eigenvalue weighted by molar-refractivity contribution is -0.136. The van der Waals surface area contributed by atoms with Crippen LogP contribution in [0, 0.1) is 5.95 Å². The minimum absolute atomic E-state index is 0.0532. The summed E-state index contributed by atoms with van der Waals surface area (Å²) in [5, 5.41) is 5.24. The Bertz CT molecular complexity index is 2360. The number of pyridine rings is 3. The number of fused-ring (bicyclic) bond motifs is 2. The Morgan fingerprint density at radius 2 is 1.37 bits per heavy atom. The van der Waals surface area contributed by atoms with Crippen LogP contribution in [-0.2, 0) is 33.3 Å². The molecule has 6 heterocycles. The first-order valence-electron chi connectivity index (χ1n) is 20.1. The molecule has 0 aliphatic carbocycles. The van der Waals surface area contributed by atoms with Crippen molar-refractivity contribution in [3.8, 4) is 34.0 Å². The van der Waals surface area contributed by atoms with Gasteiger partial charge in [0.2, 0.25) is 17.8 Å². The van der Waals surface area contributed by atoms with Crippen molar-refractivity contribution in [3.63, 3.8) is 0 Å². The monoisotopic (exact) mass is 855 g/mol. The molecule has 7 rings (SSSR count). The van der Waals surface area contributed by atoms with Crippen LogP contribution in [0.1, 0.15) is 33.6 Å². The fourth-order valence-electron chi connectivity index (χ4n) is 6.66. The van der Waals surface area contributed by atoms with Crippen LogP contribution in [-0.4, -0.2) is 140 Å². The Kier molecular flexibility index (Phi) is 15.1. The maximum atomic E-state index is 14.9. The van der Waals surface area contributed by atoms with Gasteiger partial charge < -0.3 is 42.9 Å². The van der Waals surface area contributed by atoms with Crippen molar-refractivity contribution in [2.45, 2.75) is 18.9 Å². The van der Waals surface area contributed by atoms with Crippen molar-refractivity contribution >= 4 is 35.1 Å². The zero-order chi connectivity index (χ0) is 43.3. The minimum atomic E-state index is -1.02. The van der Waals surface area contributed by atoms with Gasteiger partial charge in [0.05, 0.1) is 96.2 Å². The van der Waals surface area contributed by atoms with Gasteiger partial charge in [-0.15, -0.1) is 0 Å². The van der Waals surface area contributed by atoms with Gasteiger partial charge in [-0.2, -0.15) is 4.39 Å². The lowest BCUT2D eigenvalue weighted by atomic mass is 10.0. The first-order valence-corrected chi connectivity index (χ1v) is 20.1. The number of carbonyl (C=O) groups is 4. The Hall–Kier alpha value is -6.38. The highest BCUT2D eigenvalue weighted by atomic mass is 19.1. The minimum Gasteiger partial charge on any atom is -0.495 e. The fourth-order valence-corrected chi connectivity index (χ4v) is 6.66. The number of carbonyl (C=O) groups excluding carboxylic acids is 4. The van der Waals surface area contributed by atoms with Gasteiger partial charge >= 0.3 is 0 Å². The Morgan fingerprint density at radius 1 is 0.710 bits per heavy atom. The Labute approximate surface area is 355 Å². The average molecular weight is 856 g/mol. The number of anilines is 1. The number of rotatable bonds is 24. The number of nitrogens with zero attached hydrogens (tertiary/aromatic N) is 5. The van der Waals surface area contributed by atoms with Crippen LogP contribution in [0.5, 0.6) is 11.5 Å². The van der Waals surface area contributed by atoms with Gasteiger partial charge in [0.1, 0.15) is 41.3 Å². The largest absolute Gasteiger partial charge is 0.495 e. The second-order valence-electron chi connectivity index (χ2n) is 13.9. The highest BCUT2D eigenvalue weighted by Gasteiger charge is 2.44. The zero-order valence-corrected chi connectivity index (χ0v) is 34.0. The number of amides is 4. The van der Waals surface area contributed by atoms with E-state index in [-0.39, 0.29) is 37.2 Å². The second-order valence-corrected chi connectivity index (χ2v) is 13.9. The van der Waals surface area contributed by atoms with Crippen molar-refractivity contribution in [3.05, 3.63) is 90.3 Å². The third-order valence-corrected chi connectivity index (χ3v) is 9.79. The number of hydrogen-bond acceptors (Lipinski definition) is 15. The summed E-state index contributed by atoms with van der Waals surface area (Å²) in [5.41, 5.74) is 3.38. The molecule has 0 radical (unpaired) electrons. The average Bonchev–Trinajstić information content (AvgIpc) is 3.81. The highest BCUT2D eigenvalue weighted by molar-refractivity contribution is 6.23. The first kappa shape index (κ1) is 43.7. The van der Waals surface area contributed by atoms with Crippen molar-refractivity contribution < 1.29 is 56.7 Å². The molecular formula is C43H46FN7O11. The number of imidazole rings is 1. The molecule has 1 fully saturated rings. The molecule has 0 saturated carbocycles. The molecule has 4 amide bonds. The number of ether oxygens (including phenoxy) is 7. The summed E-state index contributed by atoms with van der Waals surface area (Å²) in [5.74, 6) is -1.37. The lowest BCUT2D eigenvalue weighted by Crippen LogP contribution is -2.54. The summed E-state index contributed by atoms with van der Waals surface area (Å²) >= 11 is 0. The normalized spacial score (nSPS) is 15.0. The number of piperidine rings is 1. The summed E-state index contributed by atoms with van der Waals surface area (Å²) in [6.45, 7) is 4.39. The molecule has 1 unspecified atom stereocenters. The molecule has 18 nitrogen and oxygen atoms in total. The van der Waals surface area contributed by atoms with Gasteiger partial charge in [0, 0.05) is 36.5 Å². The van der Waals surface area contributed by atoms with Crippen molar-refractivity contribution in [1.29, 1.82) is 0 Å². The van der Waals surface area contributed by atoms with E-state index in [1.165, 1.54) is 12.1 Å². The SMILES string of the molecule is COc1ccc2nc(-c3ccc(-c4ccc(NCCOCCOCCOCCOCCOCCOc5ccc6c(c5)C(=O)N(C5CCC(=O)NC5=O)C6=O)nc4F)cn3)cn2c1. The number of imide groups is 2. The quantitative estimate of drug-likeness (QED) is 0.0518. The molecule has 0 spiro atoms. The van der Waals surface area contributed by atoms with Crippen LogP contribution in [0.3, 0.4) is 0 Å². The topological polar surface area (TPSA) is 203 Å². The van der Waals surface area contributed by atoms with Gasteiger partial charge in [-0.05, 0) is 55.0 Å². The number of aromatic nitrogens is 4. The van der Waals surface area contributed by atoms with Gasteiger partial charge in [-0.3, -0.25) is 34.4 Å². The van der Waals surface area contributed by atoms with Gasteiger partial charge in [0.25, 0.3) is 11.8 Å². The predicted octanol–water partition coefficient (Wildman–Crippen LogP) is 3.58. The van der Waals surface area contributed by atoms with Gasteiger partial charge in [0.15, 0.2) is 0 Å². The molecule has 4 aromatic heterocycles. The number of hydrogen-bond donors (Lipinski definition) is 2. The first-order chi connectivity index (χ1) is 30.3.